The molecule has 1 rings (SSSR count). The molecule has 0 unspecified atom stereocenters. The smallest absolute Gasteiger partial charge is 0.269 e. The van der Waals surface area contributed by atoms with Crippen molar-refractivity contribution in [3.8, 4) is 0 Å². The highest BCUT2D eigenvalue weighted by Crippen LogP contribution is 2.15. The molecule has 1 aromatic rings. The number of aromatic amines is 1. The number of carbonyl (C=O) groups is 1. The average molecular weight is 210 g/mol. The average Bonchev–Trinajstić information content (AvgIpc) is 2.67. The number of nitrogens with one attached hydrogen (secondary N) is 1. The summed E-state index contributed by atoms with van der Waals surface area (Å²) in [5, 5.41) is 15.7. The molecule has 7 heteroatoms. The molecule has 15 heavy (non-hydrogen) atoms. The molecule has 0 aliphatic carbocycles. The topological polar surface area (TPSA) is 99.7 Å². The highest BCUT2D eigenvalue weighted by atomic mass is 16.1. The Balaban J connectivity index is 2.79. The van der Waals surface area contributed by atoms with Gasteiger partial charge in [0, 0.05) is 13.1 Å². The van der Waals surface area contributed by atoms with Crippen molar-refractivity contribution in [2.24, 2.45) is 16.1 Å². The molecule has 7 nitrogen and oxygen atoms in total. The first-order valence-corrected chi connectivity index (χ1v) is 4.68. The number of amides is 1. The van der Waals surface area contributed by atoms with Crippen molar-refractivity contribution < 1.29 is 4.79 Å². The maximum atomic E-state index is 10.9. The van der Waals surface area contributed by atoms with Crippen LogP contribution in [0.3, 0.4) is 0 Å². The van der Waals surface area contributed by atoms with Crippen molar-refractivity contribution >= 4 is 11.6 Å². The summed E-state index contributed by atoms with van der Waals surface area (Å²) >= 11 is 0. The van der Waals surface area contributed by atoms with Crippen LogP contribution in [-0.4, -0.2) is 34.2 Å². The van der Waals surface area contributed by atoms with E-state index in [9.17, 15) is 4.79 Å². The van der Waals surface area contributed by atoms with E-state index in [2.05, 4.69) is 20.5 Å². The minimum atomic E-state index is -0.596. The zero-order chi connectivity index (χ0) is 11.3. The Bertz CT molecular complexity index is 354. The zero-order valence-corrected chi connectivity index (χ0v) is 8.77. The van der Waals surface area contributed by atoms with Gasteiger partial charge in [0.2, 0.25) is 0 Å². The fourth-order valence-corrected chi connectivity index (χ4v) is 0.998. The van der Waals surface area contributed by atoms with Crippen molar-refractivity contribution in [3.05, 3.63) is 11.9 Å². The number of hydrogen-bond donors (Lipinski definition) is 2. The van der Waals surface area contributed by atoms with Crippen molar-refractivity contribution in [2.75, 3.05) is 13.1 Å². The van der Waals surface area contributed by atoms with E-state index in [0.29, 0.717) is 5.69 Å². The second-order valence-corrected chi connectivity index (χ2v) is 2.82. The number of rotatable bonds is 5. The summed E-state index contributed by atoms with van der Waals surface area (Å²) in [5.41, 5.74) is 5.63. The van der Waals surface area contributed by atoms with Crippen molar-refractivity contribution in [1.82, 2.24) is 15.2 Å². The lowest BCUT2D eigenvalue weighted by molar-refractivity contribution is 0.0996. The van der Waals surface area contributed by atoms with Gasteiger partial charge in [0.15, 0.2) is 5.69 Å². The second kappa shape index (κ2) is 5.08. The Kier molecular flexibility index (Phi) is 3.78. The fraction of sp³-hybridized carbons (Fsp3) is 0.500. The molecule has 0 aromatic carbocycles. The molecule has 0 atom stereocenters. The maximum absolute atomic E-state index is 10.9. The summed E-state index contributed by atoms with van der Waals surface area (Å²) in [6.45, 7) is 5.44. The molecule has 3 N–H and O–H groups in total. The molecule has 0 radical (unpaired) electrons. The van der Waals surface area contributed by atoms with Gasteiger partial charge in [-0.3, -0.25) is 14.9 Å². The summed E-state index contributed by atoms with van der Waals surface area (Å²) in [4.78, 5) is 10.9. The van der Waals surface area contributed by atoms with Gasteiger partial charge in [-0.05, 0) is 13.8 Å². The van der Waals surface area contributed by atoms with Gasteiger partial charge in [0.05, 0.1) is 6.20 Å². The van der Waals surface area contributed by atoms with Crippen LogP contribution in [-0.2, 0) is 0 Å². The zero-order valence-electron chi connectivity index (χ0n) is 8.77. The number of hydrogen-bond acceptors (Lipinski definition) is 4. The number of nitrogens with two attached hydrogens (primary N) is 1. The third-order valence-electron chi connectivity index (χ3n) is 1.87. The molecule has 1 aromatic heterocycles. The predicted molar refractivity (Wildman–Crippen MR) is 54.5 cm³/mol. The minimum absolute atomic E-state index is 0.172. The van der Waals surface area contributed by atoms with Crippen LogP contribution >= 0.6 is 0 Å². The summed E-state index contributed by atoms with van der Waals surface area (Å²) in [7, 11) is 0. The normalized spacial score (nSPS) is 10.8. The van der Waals surface area contributed by atoms with Crippen LogP contribution in [0.4, 0.5) is 5.69 Å². The summed E-state index contributed by atoms with van der Waals surface area (Å²) < 4.78 is 0. The van der Waals surface area contributed by atoms with Gasteiger partial charge in [-0.15, -0.1) is 5.11 Å². The number of nitrogens with zero attached hydrogens (tertiary/aromatic N) is 4. The van der Waals surface area contributed by atoms with Gasteiger partial charge < -0.3 is 5.73 Å². The maximum Gasteiger partial charge on any atom is 0.269 e. The van der Waals surface area contributed by atoms with E-state index in [0.717, 1.165) is 13.1 Å². The third-order valence-corrected chi connectivity index (χ3v) is 1.87. The Hall–Kier alpha value is -1.92. The van der Waals surface area contributed by atoms with Crippen LogP contribution in [0, 0.1) is 0 Å². The van der Waals surface area contributed by atoms with Crippen LogP contribution in [0.25, 0.3) is 0 Å². The molecule has 0 aliphatic heterocycles. The second-order valence-electron chi connectivity index (χ2n) is 2.82. The molecule has 1 heterocycles. The molecule has 82 valence electrons. The van der Waals surface area contributed by atoms with Gasteiger partial charge in [-0.1, -0.05) is 5.22 Å². The minimum Gasteiger partial charge on any atom is -0.364 e. The van der Waals surface area contributed by atoms with Gasteiger partial charge >= 0.3 is 0 Å². The first-order valence-electron chi connectivity index (χ1n) is 4.68. The lowest BCUT2D eigenvalue weighted by Crippen LogP contribution is -2.15. The van der Waals surface area contributed by atoms with Crippen LogP contribution < -0.4 is 5.73 Å². The SMILES string of the molecule is CCN(CC)N=Nc1cn[nH]c1C(N)=O. The Morgan fingerprint density at radius 1 is 1.60 bits per heavy atom. The monoisotopic (exact) mass is 210 g/mol. The lowest BCUT2D eigenvalue weighted by atomic mass is 10.4. The van der Waals surface area contributed by atoms with E-state index in [1.807, 2.05) is 13.8 Å². The molecule has 0 fully saturated rings. The predicted octanol–water partition coefficient (Wildman–Crippen LogP) is 0.849. The molecular weight excluding hydrogens is 196 g/mol. The van der Waals surface area contributed by atoms with Crippen LogP contribution in [0.15, 0.2) is 16.5 Å². The number of H-pyrrole nitrogens is 1. The summed E-state index contributed by atoms with van der Waals surface area (Å²) in [6.07, 6.45) is 1.41. The molecule has 0 bridgehead atoms. The molecule has 0 spiro atoms. The largest absolute Gasteiger partial charge is 0.364 e. The van der Waals surface area contributed by atoms with Crippen LogP contribution in [0.1, 0.15) is 24.3 Å². The van der Waals surface area contributed by atoms with E-state index in [1.54, 1.807) is 5.01 Å². The van der Waals surface area contributed by atoms with Crippen molar-refractivity contribution in [2.45, 2.75) is 13.8 Å². The molecule has 0 saturated carbocycles. The molecular formula is C8H14N6O. The fourth-order valence-electron chi connectivity index (χ4n) is 0.998. The van der Waals surface area contributed by atoms with Gasteiger partial charge in [-0.25, -0.2) is 0 Å². The standard InChI is InChI=1S/C8H14N6O/c1-3-14(4-2)13-11-6-5-10-12-7(6)8(9)15/h5H,3-4H2,1-2H3,(H2,9,15)(H,10,12). The molecule has 1 amide bonds. The number of primary amides is 1. The van der Waals surface area contributed by atoms with E-state index in [1.165, 1.54) is 6.20 Å². The van der Waals surface area contributed by atoms with Gasteiger partial charge in [-0.2, -0.15) is 5.10 Å². The quantitative estimate of drug-likeness (QED) is 0.556. The van der Waals surface area contributed by atoms with Crippen molar-refractivity contribution in [3.63, 3.8) is 0 Å². The van der Waals surface area contributed by atoms with Crippen molar-refractivity contribution in [1.29, 1.82) is 0 Å². The van der Waals surface area contributed by atoms with Crippen LogP contribution in [0.2, 0.25) is 0 Å². The van der Waals surface area contributed by atoms with Crippen LogP contribution in [0.5, 0.6) is 0 Å². The Morgan fingerprint density at radius 2 is 2.27 bits per heavy atom. The lowest BCUT2D eigenvalue weighted by Gasteiger charge is -2.10. The van der Waals surface area contributed by atoms with E-state index in [4.69, 9.17) is 5.73 Å². The highest BCUT2D eigenvalue weighted by molar-refractivity contribution is 5.95. The Morgan fingerprint density at radius 3 is 2.80 bits per heavy atom. The first-order chi connectivity index (χ1) is 7.19. The van der Waals surface area contributed by atoms with Gasteiger partial charge in [0.1, 0.15) is 5.69 Å². The van der Waals surface area contributed by atoms with E-state index < -0.39 is 5.91 Å². The first kappa shape index (κ1) is 11.2. The number of carbonyl (C=O) groups excluding carboxylic acids is 1. The third kappa shape index (κ3) is 2.76. The van der Waals surface area contributed by atoms with Gasteiger partial charge in [0.25, 0.3) is 5.91 Å². The van der Waals surface area contributed by atoms with E-state index >= 15 is 0 Å². The Labute approximate surface area is 87.3 Å². The van der Waals surface area contributed by atoms with E-state index in [-0.39, 0.29) is 5.69 Å². The summed E-state index contributed by atoms with van der Waals surface area (Å²) in [6, 6.07) is 0. The summed E-state index contributed by atoms with van der Waals surface area (Å²) in [5.74, 6) is -0.596. The highest BCUT2D eigenvalue weighted by Gasteiger charge is 2.09. The number of aromatic nitrogens is 2. The molecule has 0 aliphatic rings. The molecule has 0 saturated heterocycles.